The van der Waals surface area contributed by atoms with Gasteiger partial charge in [0.05, 0.1) is 18.1 Å². The minimum atomic E-state index is -0.822. The molecule has 0 atom stereocenters. The molecule has 0 radical (unpaired) electrons. The molecular formula is C28H27F2N3O5. The van der Waals surface area contributed by atoms with Gasteiger partial charge in [-0.25, -0.2) is 8.78 Å². The van der Waals surface area contributed by atoms with Gasteiger partial charge < -0.3 is 15.0 Å². The molecule has 0 spiro atoms. The third-order valence-corrected chi connectivity index (χ3v) is 6.67. The molecule has 8 nitrogen and oxygen atoms in total. The van der Waals surface area contributed by atoms with E-state index in [1.54, 1.807) is 17.0 Å². The Bertz CT molecular complexity index is 1340. The molecule has 2 amide bonds. The zero-order valence-corrected chi connectivity index (χ0v) is 20.8. The Balaban J connectivity index is 1.28. The van der Waals surface area contributed by atoms with Crippen molar-refractivity contribution >= 4 is 23.2 Å². The normalized spacial score (nSPS) is 13.7. The van der Waals surface area contributed by atoms with Crippen LogP contribution in [0.2, 0.25) is 0 Å². The summed E-state index contributed by atoms with van der Waals surface area (Å²) in [6.45, 7) is 0.877. The maximum Gasteiger partial charge on any atom is 0.273 e. The Morgan fingerprint density at radius 2 is 1.76 bits per heavy atom. The summed E-state index contributed by atoms with van der Waals surface area (Å²) in [6.07, 6.45) is 1.76. The summed E-state index contributed by atoms with van der Waals surface area (Å²) in [5, 5.41) is 13.8. The summed E-state index contributed by atoms with van der Waals surface area (Å²) in [4.78, 5) is 37.0. The fourth-order valence-electron chi connectivity index (χ4n) is 4.57. The molecule has 10 heteroatoms. The Morgan fingerprint density at radius 1 is 1.05 bits per heavy atom. The van der Waals surface area contributed by atoms with Gasteiger partial charge in [-0.1, -0.05) is 18.2 Å². The number of hydrogen-bond acceptors (Lipinski definition) is 5. The predicted octanol–water partition coefficient (Wildman–Crippen LogP) is 5.47. The minimum Gasteiger partial charge on any atom is -0.497 e. The number of rotatable bonds is 8. The lowest BCUT2D eigenvalue weighted by Gasteiger charge is -2.32. The van der Waals surface area contributed by atoms with Crippen LogP contribution in [0.5, 0.6) is 5.75 Å². The molecule has 1 N–H and O–H groups in total. The minimum absolute atomic E-state index is 0.0371. The molecule has 0 bridgehead atoms. The zero-order valence-electron chi connectivity index (χ0n) is 20.8. The summed E-state index contributed by atoms with van der Waals surface area (Å²) < 4.78 is 32.8. The average Bonchev–Trinajstić information content (AvgIpc) is 2.92. The van der Waals surface area contributed by atoms with E-state index >= 15 is 0 Å². The lowest BCUT2D eigenvalue weighted by atomic mass is 9.89. The van der Waals surface area contributed by atoms with Crippen LogP contribution in [-0.4, -0.2) is 41.8 Å². The molecule has 1 aliphatic rings. The lowest BCUT2D eigenvalue weighted by molar-refractivity contribution is -0.385. The SMILES string of the molecule is COc1ccc(CCC(=O)Nc2ccc(C3CCN(C(=O)c4cc(F)cc([N+](=O)[O-])c4)CC3)cc2)c(F)c1. The molecule has 1 aliphatic heterocycles. The van der Waals surface area contributed by atoms with Crippen LogP contribution in [0.4, 0.5) is 20.2 Å². The van der Waals surface area contributed by atoms with Gasteiger partial charge in [0, 0.05) is 42.9 Å². The molecule has 0 saturated carbocycles. The molecule has 1 saturated heterocycles. The van der Waals surface area contributed by atoms with Gasteiger partial charge in [0.15, 0.2) is 0 Å². The first kappa shape index (κ1) is 26.7. The van der Waals surface area contributed by atoms with Crippen molar-refractivity contribution in [1.82, 2.24) is 4.90 Å². The number of nitro groups is 1. The van der Waals surface area contributed by atoms with Crippen molar-refractivity contribution in [1.29, 1.82) is 0 Å². The number of nitrogens with zero attached hydrogens (tertiary/aromatic N) is 2. The average molecular weight is 524 g/mol. The smallest absolute Gasteiger partial charge is 0.273 e. The quantitative estimate of drug-likeness (QED) is 0.312. The number of benzene rings is 3. The van der Waals surface area contributed by atoms with Crippen LogP contribution in [0.1, 0.15) is 46.7 Å². The summed E-state index contributed by atoms with van der Waals surface area (Å²) in [5.41, 5.74) is 1.65. The Morgan fingerprint density at radius 3 is 2.39 bits per heavy atom. The van der Waals surface area contributed by atoms with Crippen molar-refractivity contribution in [2.45, 2.75) is 31.6 Å². The number of non-ortho nitro benzene ring substituents is 1. The van der Waals surface area contributed by atoms with E-state index in [2.05, 4.69) is 5.32 Å². The van der Waals surface area contributed by atoms with Crippen LogP contribution >= 0.6 is 0 Å². The monoisotopic (exact) mass is 523 g/mol. The maximum atomic E-state index is 14.1. The number of carbonyl (C=O) groups excluding carboxylic acids is 2. The molecule has 3 aromatic carbocycles. The molecule has 38 heavy (non-hydrogen) atoms. The van der Waals surface area contributed by atoms with Crippen LogP contribution in [0.15, 0.2) is 60.7 Å². The third-order valence-electron chi connectivity index (χ3n) is 6.67. The first-order valence-electron chi connectivity index (χ1n) is 12.2. The highest BCUT2D eigenvalue weighted by atomic mass is 19.1. The molecule has 1 heterocycles. The highest BCUT2D eigenvalue weighted by molar-refractivity contribution is 5.95. The van der Waals surface area contributed by atoms with Gasteiger partial charge in [-0.3, -0.25) is 19.7 Å². The fraction of sp³-hybridized carbons (Fsp3) is 0.286. The summed E-state index contributed by atoms with van der Waals surface area (Å²) in [7, 11) is 1.46. The maximum absolute atomic E-state index is 14.1. The van der Waals surface area contributed by atoms with E-state index in [9.17, 15) is 28.5 Å². The number of hydrogen-bond donors (Lipinski definition) is 1. The van der Waals surface area contributed by atoms with Gasteiger partial charge in [0.25, 0.3) is 11.6 Å². The molecule has 1 fully saturated rings. The zero-order chi connectivity index (χ0) is 27.2. The summed E-state index contributed by atoms with van der Waals surface area (Å²) in [6, 6.07) is 14.9. The molecular weight excluding hydrogens is 496 g/mol. The second-order valence-electron chi connectivity index (χ2n) is 9.15. The molecule has 198 valence electrons. The van der Waals surface area contributed by atoms with E-state index in [0.717, 1.165) is 23.8 Å². The Hall–Kier alpha value is -4.34. The van der Waals surface area contributed by atoms with Gasteiger partial charge in [0.1, 0.15) is 17.4 Å². The number of ether oxygens (including phenoxy) is 1. The number of piperidine rings is 1. The van der Waals surface area contributed by atoms with Crippen LogP contribution in [0, 0.1) is 21.7 Å². The van der Waals surface area contributed by atoms with Crippen molar-refractivity contribution in [2.75, 3.05) is 25.5 Å². The lowest BCUT2D eigenvalue weighted by Crippen LogP contribution is -2.38. The van der Waals surface area contributed by atoms with E-state index in [-0.39, 0.29) is 30.2 Å². The summed E-state index contributed by atoms with van der Waals surface area (Å²) in [5.74, 6) is -1.27. The number of anilines is 1. The van der Waals surface area contributed by atoms with Crippen molar-refractivity contribution in [3.8, 4) is 5.75 Å². The van der Waals surface area contributed by atoms with E-state index in [4.69, 9.17) is 4.74 Å². The molecule has 3 aromatic rings. The van der Waals surface area contributed by atoms with Gasteiger partial charge in [-0.15, -0.1) is 0 Å². The number of nitrogens with one attached hydrogen (secondary N) is 1. The number of amides is 2. The number of methoxy groups -OCH3 is 1. The largest absolute Gasteiger partial charge is 0.497 e. The van der Waals surface area contributed by atoms with E-state index in [1.165, 1.54) is 13.2 Å². The van der Waals surface area contributed by atoms with Gasteiger partial charge in [-0.05, 0) is 60.6 Å². The number of nitro benzene ring substituents is 1. The van der Waals surface area contributed by atoms with E-state index < -0.39 is 28.2 Å². The number of aryl methyl sites for hydroxylation is 1. The molecule has 0 unspecified atom stereocenters. The topological polar surface area (TPSA) is 102 Å². The van der Waals surface area contributed by atoms with Crippen molar-refractivity contribution in [3.05, 3.63) is 99.1 Å². The van der Waals surface area contributed by atoms with Gasteiger partial charge in [-0.2, -0.15) is 0 Å². The standard InChI is InChI=1S/C28H27F2N3O5/c1-38-25-8-4-20(26(30)17-25)5-9-27(34)31-23-6-2-18(3-7-23)19-10-12-32(13-11-19)28(35)21-14-22(29)16-24(15-21)33(36)37/h2-4,6-8,14-17,19H,5,9-13H2,1H3,(H,31,34). The van der Waals surface area contributed by atoms with E-state index in [0.29, 0.717) is 42.9 Å². The summed E-state index contributed by atoms with van der Waals surface area (Å²) >= 11 is 0. The highest BCUT2D eigenvalue weighted by Crippen LogP contribution is 2.30. The second-order valence-corrected chi connectivity index (χ2v) is 9.15. The first-order valence-corrected chi connectivity index (χ1v) is 12.2. The van der Waals surface area contributed by atoms with E-state index in [1.807, 2.05) is 24.3 Å². The first-order chi connectivity index (χ1) is 18.2. The van der Waals surface area contributed by atoms with Crippen LogP contribution < -0.4 is 10.1 Å². The van der Waals surface area contributed by atoms with Crippen molar-refractivity contribution in [2.24, 2.45) is 0 Å². The van der Waals surface area contributed by atoms with Crippen LogP contribution in [-0.2, 0) is 11.2 Å². The Kier molecular flexibility index (Phi) is 8.30. The van der Waals surface area contributed by atoms with Gasteiger partial charge in [0.2, 0.25) is 5.91 Å². The van der Waals surface area contributed by atoms with Gasteiger partial charge >= 0.3 is 0 Å². The predicted molar refractivity (Wildman–Crippen MR) is 137 cm³/mol. The van der Waals surface area contributed by atoms with Crippen molar-refractivity contribution < 1.29 is 28.0 Å². The molecule has 0 aromatic heterocycles. The molecule has 4 rings (SSSR count). The Labute approximate surface area is 218 Å². The number of halogens is 2. The third kappa shape index (κ3) is 6.50. The van der Waals surface area contributed by atoms with Crippen LogP contribution in [0.3, 0.4) is 0 Å². The van der Waals surface area contributed by atoms with Crippen molar-refractivity contribution in [3.63, 3.8) is 0 Å². The highest BCUT2D eigenvalue weighted by Gasteiger charge is 2.26. The fourth-order valence-corrected chi connectivity index (χ4v) is 4.57. The molecule has 0 aliphatic carbocycles. The second kappa shape index (κ2) is 11.8. The number of carbonyl (C=O) groups is 2. The van der Waals surface area contributed by atoms with Crippen LogP contribution in [0.25, 0.3) is 0 Å². The number of likely N-dealkylation sites (tertiary alicyclic amines) is 1.